The van der Waals surface area contributed by atoms with E-state index in [9.17, 15) is 8.78 Å². The van der Waals surface area contributed by atoms with Crippen molar-refractivity contribution in [2.24, 2.45) is 5.92 Å². The second-order valence-electron chi connectivity index (χ2n) is 3.75. The number of thioether (sulfide) groups is 1. The van der Waals surface area contributed by atoms with E-state index in [0.717, 1.165) is 17.6 Å². The van der Waals surface area contributed by atoms with Gasteiger partial charge in [-0.2, -0.15) is 11.8 Å². The topological polar surface area (TPSA) is 0 Å². The molecule has 0 aliphatic carbocycles. The zero-order valence-corrected chi connectivity index (χ0v) is 10.5. The highest BCUT2D eigenvalue weighted by Crippen LogP contribution is 2.32. The van der Waals surface area contributed by atoms with E-state index in [1.807, 2.05) is 11.8 Å². The molecule has 1 aromatic rings. The minimum Gasteiger partial charge on any atom is -0.207 e. The number of halogens is 3. The number of hydrogen-bond acceptors (Lipinski definition) is 1. The van der Waals surface area contributed by atoms with Crippen LogP contribution in [0.15, 0.2) is 18.2 Å². The SMILES string of the molecule is Fc1ccc(F)c(CC2CSCC2Br)c1. The van der Waals surface area contributed by atoms with Gasteiger partial charge in [0.25, 0.3) is 0 Å². The first-order valence-corrected chi connectivity index (χ1v) is 6.89. The Kier molecular flexibility index (Phi) is 3.67. The largest absolute Gasteiger partial charge is 0.207 e. The number of alkyl halides is 1. The molecule has 15 heavy (non-hydrogen) atoms. The van der Waals surface area contributed by atoms with Gasteiger partial charge in [-0.3, -0.25) is 0 Å². The molecule has 1 aliphatic rings. The molecule has 1 aliphatic heterocycles. The lowest BCUT2D eigenvalue weighted by molar-refractivity contribution is 0.550. The summed E-state index contributed by atoms with van der Waals surface area (Å²) in [7, 11) is 0. The van der Waals surface area contributed by atoms with Crippen LogP contribution in [0.4, 0.5) is 8.78 Å². The minimum absolute atomic E-state index is 0.298. The van der Waals surface area contributed by atoms with Crippen molar-refractivity contribution >= 4 is 27.7 Å². The van der Waals surface area contributed by atoms with E-state index in [1.54, 1.807) is 0 Å². The van der Waals surface area contributed by atoms with Gasteiger partial charge in [0, 0.05) is 10.6 Å². The van der Waals surface area contributed by atoms with Crippen LogP contribution >= 0.6 is 27.7 Å². The standard InChI is InChI=1S/C11H11BrF2S/c12-10-6-15-5-8(10)3-7-4-9(13)1-2-11(7)14/h1-2,4,8,10H,3,5-6H2. The molecule has 82 valence electrons. The van der Waals surface area contributed by atoms with Gasteiger partial charge in [0.15, 0.2) is 0 Å². The van der Waals surface area contributed by atoms with Gasteiger partial charge < -0.3 is 0 Å². The Bertz CT molecular complexity index is 356. The van der Waals surface area contributed by atoms with Crippen molar-refractivity contribution in [2.45, 2.75) is 11.2 Å². The highest BCUT2D eigenvalue weighted by Gasteiger charge is 2.26. The first kappa shape index (κ1) is 11.4. The summed E-state index contributed by atoms with van der Waals surface area (Å²) in [6.07, 6.45) is 0.618. The van der Waals surface area contributed by atoms with Crippen LogP contribution in [0.2, 0.25) is 0 Å². The van der Waals surface area contributed by atoms with Crippen molar-refractivity contribution in [1.29, 1.82) is 0 Å². The fraction of sp³-hybridized carbons (Fsp3) is 0.455. The molecule has 2 rings (SSSR count). The minimum atomic E-state index is -0.358. The first-order chi connectivity index (χ1) is 7.16. The monoisotopic (exact) mass is 292 g/mol. The molecule has 1 aromatic carbocycles. The van der Waals surface area contributed by atoms with Gasteiger partial charge in [-0.15, -0.1) is 0 Å². The van der Waals surface area contributed by atoms with Crippen LogP contribution in [0.25, 0.3) is 0 Å². The second-order valence-corrected chi connectivity index (χ2v) is 6.00. The Morgan fingerprint density at radius 1 is 1.33 bits per heavy atom. The van der Waals surface area contributed by atoms with E-state index in [1.165, 1.54) is 12.1 Å². The van der Waals surface area contributed by atoms with E-state index in [0.29, 0.717) is 22.7 Å². The lowest BCUT2D eigenvalue weighted by Gasteiger charge is -2.13. The predicted molar refractivity (Wildman–Crippen MR) is 63.6 cm³/mol. The zero-order valence-electron chi connectivity index (χ0n) is 8.05. The number of benzene rings is 1. The van der Waals surface area contributed by atoms with Crippen molar-refractivity contribution in [2.75, 3.05) is 11.5 Å². The Morgan fingerprint density at radius 3 is 2.80 bits per heavy atom. The maximum absolute atomic E-state index is 13.4. The van der Waals surface area contributed by atoms with Gasteiger partial charge in [-0.05, 0) is 41.9 Å². The third-order valence-corrected chi connectivity index (χ3v) is 5.37. The second kappa shape index (κ2) is 4.83. The molecule has 1 saturated heterocycles. The highest BCUT2D eigenvalue weighted by atomic mass is 79.9. The van der Waals surface area contributed by atoms with Gasteiger partial charge in [0.2, 0.25) is 0 Å². The van der Waals surface area contributed by atoms with E-state index in [4.69, 9.17) is 0 Å². The third-order valence-electron chi connectivity index (χ3n) is 2.61. The number of hydrogen-bond donors (Lipinski definition) is 0. The van der Waals surface area contributed by atoms with E-state index < -0.39 is 0 Å². The molecule has 0 nitrogen and oxygen atoms in total. The molecule has 4 heteroatoms. The predicted octanol–water partition coefficient (Wildman–Crippen LogP) is 3.63. The number of rotatable bonds is 2. The molecule has 0 spiro atoms. The molecular weight excluding hydrogens is 282 g/mol. The van der Waals surface area contributed by atoms with Crippen LogP contribution < -0.4 is 0 Å². The molecule has 1 heterocycles. The molecule has 0 radical (unpaired) electrons. The summed E-state index contributed by atoms with van der Waals surface area (Å²) in [6.45, 7) is 0. The van der Waals surface area contributed by atoms with Crippen LogP contribution in [0.3, 0.4) is 0 Å². The Hall–Kier alpha value is -0.0900. The average molecular weight is 293 g/mol. The average Bonchev–Trinajstić information content (AvgIpc) is 2.58. The van der Waals surface area contributed by atoms with Crippen molar-refractivity contribution in [3.63, 3.8) is 0 Å². The molecule has 0 bridgehead atoms. The van der Waals surface area contributed by atoms with Crippen LogP contribution in [-0.4, -0.2) is 16.3 Å². The Balaban J connectivity index is 2.12. The van der Waals surface area contributed by atoms with Crippen molar-refractivity contribution in [1.82, 2.24) is 0 Å². The molecule has 0 saturated carbocycles. The molecule has 0 N–H and O–H groups in total. The molecular formula is C11H11BrF2S. The molecule has 0 aromatic heterocycles. The lowest BCUT2D eigenvalue weighted by Crippen LogP contribution is -2.15. The summed E-state index contributed by atoms with van der Waals surface area (Å²) in [5, 5.41) is 0. The Morgan fingerprint density at radius 2 is 2.13 bits per heavy atom. The van der Waals surface area contributed by atoms with Crippen LogP contribution in [0.1, 0.15) is 5.56 Å². The van der Waals surface area contributed by atoms with Crippen molar-refractivity contribution in [3.8, 4) is 0 Å². The van der Waals surface area contributed by atoms with Crippen molar-refractivity contribution < 1.29 is 8.78 Å². The molecule has 0 amide bonds. The quantitative estimate of drug-likeness (QED) is 0.750. The molecule has 1 fully saturated rings. The van der Waals surface area contributed by atoms with Gasteiger partial charge in [-0.25, -0.2) is 8.78 Å². The van der Waals surface area contributed by atoms with E-state index in [2.05, 4.69) is 15.9 Å². The first-order valence-electron chi connectivity index (χ1n) is 4.82. The normalized spacial score (nSPS) is 25.8. The van der Waals surface area contributed by atoms with E-state index >= 15 is 0 Å². The highest BCUT2D eigenvalue weighted by molar-refractivity contribution is 9.09. The summed E-state index contributed by atoms with van der Waals surface area (Å²) in [6, 6.07) is 3.67. The van der Waals surface area contributed by atoms with Crippen molar-refractivity contribution in [3.05, 3.63) is 35.4 Å². The maximum Gasteiger partial charge on any atom is 0.126 e. The summed E-state index contributed by atoms with van der Waals surface area (Å²) >= 11 is 5.42. The fourth-order valence-electron chi connectivity index (χ4n) is 1.74. The Labute approximate surface area is 101 Å². The maximum atomic E-state index is 13.4. The van der Waals surface area contributed by atoms with Crippen LogP contribution in [0.5, 0.6) is 0 Å². The van der Waals surface area contributed by atoms with Gasteiger partial charge in [0.1, 0.15) is 11.6 Å². The van der Waals surface area contributed by atoms with E-state index in [-0.39, 0.29) is 11.6 Å². The van der Waals surface area contributed by atoms with Crippen LogP contribution in [0, 0.1) is 17.6 Å². The lowest BCUT2D eigenvalue weighted by atomic mass is 9.98. The summed E-state index contributed by atoms with van der Waals surface area (Å²) in [4.78, 5) is 0.421. The molecule has 2 atom stereocenters. The summed E-state index contributed by atoms with van der Waals surface area (Å²) in [5.74, 6) is 1.83. The zero-order chi connectivity index (χ0) is 10.8. The van der Waals surface area contributed by atoms with Crippen LogP contribution in [-0.2, 0) is 6.42 Å². The van der Waals surface area contributed by atoms with Gasteiger partial charge in [0.05, 0.1) is 0 Å². The smallest absolute Gasteiger partial charge is 0.126 e. The fourth-order valence-corrected chi connectivity index (χ4v) is 4.21. The van der Waals surface area contributed by atoms with Gasteiger partial charge in [-0.1, -0.05) is 15.9 Å². The molecule has 2 unspecified atom stereocenters. The summed E-state index contributed by atoms with van der Waals surface area (Å²) in [5.41, 5.74) is 0.493. The van der Waals surface area contributed by atoms with Gasteiger partial charge >= 0.3 is 0 Å². The third kappa shape index (κ3) is 2.72. The summed E-state index contributed by atoms with van der Waals surface area (Å²) < 4.78 is 26.3.